The smallest absolute Gasteiger partial charge is 0.305 e. The summed E-state index contributed by atoms with van der Waals surface area (Å²) in [6, 6.07) is 8.37. The van der Waals surface area contributed by atoms with E-state index in [1.165, 1.54) is 12.8 Å². The molecule has 6 nitrogen and oxygen atoms in total. The Morgan fingerprint density at radius 1 is 1.32 bits per heavy atom. The Morgan fingerprint density at radius 2 is 2.11 bits per heavy atom. The highest BCUT2D eigenvalue weighted by Crippen LogP contribution is 2.23. The van der Waals surface area contributed by atoms with Crippen LogP contribution in [0.1, 0.15) is 38.5 Å². The Hall–Kier alpha value is -1.22. The molecule has 1 heterocycles. The first-order valence-corrected chi connectivity index (χ1v) is 10.0. The summed E-state index contributed by atoms with van der Waals surface area (Å²) in [6.07, 6.45) is 5.66. The second-order valence-corrected chi connectivity index (χ2v) is 7.23. The average molecular weight is 523 g/mol. The first kappa shape index (κ1) is 24.8. The van der Waals surface area contributed by atoms with E-state index >= 15 is 0 Å². The minimum atomic E-state index is -0.124. The van der Waals surface area contributed by atoms with Gasteiger partial charge in [-0.2, -0.15) is 0 Å². The van der Waals surface area contributed by atoms with Crippen molar-refractivity contribution >= 4 is 53.2 Å². The van der Waals surface area contributed by atoms with Gasteiger partial charge in [0, 0.05) is 49.9 Å². The minimum Gasteiger partial charge on any atom is -0.469 e. The van der Waals surface area contributed by atoms with Gasteiger partial charge >= 0.3 is 5.97 Å². The molecule has 0 saturated carbocycles. The molecule has 1 aliphatic rings. The summed E-state index contributed by atoms with van der Waals surface area (Å²) in [5.74, 6) is 0.726. The lowest BCUT2D eigenvalue weighted by Gasteiger charge is -2.20. The van der Waals surface area contributed by atoms with E-state index in [-0.39, 0.29) is 29.9 Å². The summed E-state index contributed by atoms with van der Waals surface area (Å²) in [6.45, 7) is 2.83. The fraction of sp³-hybridized carbons (Fsp3) is 0.600. The van der Waals surface area contributed by atoms with E-state index < -0.39 is 0 Å². The van der Waals surface area contributed by atoms with Crippen LogP contribution in [0, 0.1) is 0 Å². The van der Waals surface area contributed by atoms with Crippen LogP contribution in [0.4, 0.5) is 5.69 Å². The molecule has 0 aromatic heterocycles. The number of halogens is 2. The summed E-state index contributed by atoms with van der Waals surface area (Å²) >= 11 is 6.10. The van der Waals surface area contributed by atoms with Gasteiger partial charge in [0.25, 0.3) is 0 Å². The number of unbranched alkanes of at least 4 members (excludes halogenated alkanes) is 3. The molecule has 8 heteroatoms. The van der Waals surface area contributed by atoms with Crippen LogP contribution in [-0.2, 0) is 9.53 Å². The van der Waals surface area contributed by atoms with E-state index in [4.69, 9.17) is 11.6 Å². The molecule has 0 bridgehead atoms. The largest absolute Gasteiger partial charge is 0.469 e. The van der Waals surface area contributed by atoms with E-state index in [1.807, 2.05) is 18.2 Å². The lowest BCUT2D eigenvalue weighted by Crippen LogP contribution is -2.44. The van der Waals surface area contributed by atoms with Gasteiger partial charge < -0.3 is 20.3 Å². The highest BCUT2D eigenvalue weighted by atomic mass is 127. The normalized spacial score (nSPS) is 16.5. The van der Waals surface area contributed by atoms with E-state index in [0.717, 1.165) is 62.7 Å². The molecule has 1 atom stereocenters. The lowest BCUT2D eigenvalue weighted by molar-refractivity contribution is -0.140. The van der Waals surface area contributed by atoms with Crippen LogP contribution in [0.15, 0.2) is 29.3 Å². The van der Waals surface area contributed by atoms with Gasteiger partial charge in [0.05, 0.1) is 7.11 Å². The number of hydrogen-bond donors (Lipinski definition) is 2. The SMILES string of the molecule is CN=C(NCCCCCCC(=O)OC)NC1CCN(c2cccc(Cl)c2)C1.I. The number of anilines is 1. The number of esters is 1. The number of benzene rings is 1. The van der Waals surface area contributed by atoms with Gasteiger partial charge in [-0.3, -0.25) is 9.79 Å². The molecule has 1 saturated heterocycles. The summed E-state index contributed by atoms with van der Waals surface area (Å²) in [7, 11) is 3.23. The molecule has 1 unspecified atom stereocenters. The molecule has 0 amide bonds. The van der Waals surface area contributed by atoms with Crippen LogP contribution in [0.2, 0.25) is 5.02 Å². The number of hydrogen-bond acceptors (Lipinski definition) is 4. The predicted octanol–water partition coefficient (Wildman–Crippen LogP) is 3.83. The Morgan fingerprint density at radius 3 is 2.82 bits per heavy atom. The van der Waals surface area contributed by atoms with Gasteiger partial charge in [-0.1, -0.05) is 30.5 Å². The average Bonchev–Trinajstić information content (AvgIpc) is 3.14. The Kier molecular flexibility index (Phi) is 12.3. The van der Waals surface area contributed by atoms with E-state index in [0.29, 0.717) is 12.5 Å². The number of nitrogens with zero attached hydrogens (tertiary/aromatic N) is 2. The summed E-state index contributed by atoms with van der Waals surface area (Å²) < 4.78 is 4.64. The van der Waals surface area contributed by atoms with Crippen LogP contribution < -0.4 is 15.5 Å². The van der Waals surface area contributed by atoms with E-state index in [1.54, 1.807) is 7.05 Å². The van der Waals surface area contributed by atoms with Crippen molar-refractivity contribution in [3.8, 4) is 0 Å². The van der Waals surface area contributed by atoms with Crippen molar-refractivity contribution in [2.24, 2.45) is 4.99 Å². The van der Waals surface area contributed by atoms with Gasteiger partial charge in [0.2, 0.25) is 0 Å². The van der Waals surface area contributed by atoms with Crippen LogP contribution in [0.25, 0.3) is 0 Å². The topological polar surface area (TPSA) is 66.0 Å². The Balaban J connectivity index is 0.00000392. The van der Waals surface area contributed by atoms with Crippen molar-refractivity contribution in [1.29, 1.82) is 0 Å². The number of aliphatic imine (C=N–C) groups is 1. The predicted molar refractivity (Wildman–Crippen MR) is 127 cm³/mol. The summed E-state index contributed by atoms with van der Waals surface area (Å²) in [5, 5.41) is 7.66. The van der Waals surface area contributed by atoms with Crippen LogP contribution >= 0.6 is 35.6 Å². The number of methoxy groups -OCH3 is 1. The standard InChI is InChI=1S/C20H31ClN4O2.HI/c1-22-20(23-12-6-4-3-5-10-19(26)27-2)24-17-11-13-25(15-17)18-9-7-8-16(21)14-18;/h7-9,14,17H,3-6,10-13,15H2,1-2H3,(H2,22,23,24);1H. The van der Waals surface area contributed by atoms with Crippen LogP contribution in [0.3, 0.4) is 0 Å². The van der Waals surface area contributed by atoms with Crippen LogP contribution in [0.5, 0.6) is 0 Å². The summed E-state index contributed by atoms with van der Waals surface area (Å²) in [4.78, 5) is 17.7. The highest BCUT2D eigenvalue weighted by molar-refractivity contribution is 14.0. The number of rotatable bonds is 9. The molecule has 1 fully saturated rings. The fourth-order valence-corrected chi connectivity index (χ4v) is 3.41. The zero-order chi connectivity index (χ0) is 19.5. The lowest BCUT2D eigenvalue weighted by atomic mass is 10.1. The van der Waals surface area contributed by atoms with Crippen molar-refractivity contribution in [3.05, 3.63) is 29.3 Å². The number of ether oxygens (including phenoxy) is 1. The molecule has 0 radical (unpaired) electrons. The number of guanidine groups is 1. The van der Waals surface area contributed by atoms with Crippen molar-refractivity contribution < 1.29 is 9.53 Å². The molecule has 28 heavy (non-hydrogen) atoms. The first-order chi connectivity index (χ1) is 13.1. The van der Waals surface area contributed by atoms with Gasteiger partial charge in [0.15, 0.2) is 5.96 Å². The molecular weight excluding hydrogens is 491 g/mol. The Labute approximate surface area is 190 Å². The number of nitrogens with one attached hydrogen (secondary N) is 2. The molecule has 0 aliphatic carbocycles. The van der Waals surface area contributed by atoms with Crippen LogP contribution in [-0.4, -0.2) is 51.8 Å². The number of carbonyl (C=O) groups is 1. The molecule has 2 N–H and O–H groups in total. The first-order valence-electron chi connectivity index (χ1n) is 9.67. The molecule has 0 spiro atoms. The zero-order valence-electron chi connectivity index (χ0n) is 16.7. The van der Waals surface area contributed by atoms with Crippen molar-refractivity contribution in [2.45, 2.75) is 44.6 Å². The molecule has 1 aromatic rings. The maximum Gasteiger partial charge on any atom is 0.305 e. The third kappa shape index (κ3) is 8.86. The van der Waals surface area contributed by atoms with Gasteiger partial charge in [0.1, 0.15) is 0 Å². The maximum absolute atomic E-state index is 11.1. The zero-order valence-corrected chi connectivity index (χ0v) is 19.8. The monoisotopic (exact) mass is 522 g/mol. The fourth-order valence-electron chi connectivity index (χ4n) is 3.23. The van der Waals surface area contributed by atoms with Crippen molar-refractivity contribution in [1.82, 2.24) is 10.6 Å². The summed E-state index contributed by atoms with van der Waals surface area (Å²) in [5.41, 5.74) is 1.17. The maximum atomic E-state index is 11.1. The Bertz CT molecular complexity index is 630. The molecular formula is C20H32ClIN4O2. The van der Waals surface area contributed by atoms with Crippen molar-refractivity contribution in [2.75, 3.05) is 38.7 Å². The molecule has 1 aliphatic heterocycles. The highest BCUT2D eigenvalue weighted by Gasteiger charge is 2.23. The second-order valence-electron chi connectivity index (χ2n) is 6.80. The minimum absolute atomic E-state index is 0. The second kappa shape index (κ2) is 13.9. The molecule has 158 valence electrons. The molecule has 1 aromatic carbocycles. The third-order valence-corrected chi connectivity index (χ3v) is 4.99. The van der Waals surface area contributed by atoms with Gasteiger partial charge in [-0.05, 0) is 37.5 Å². The quantitative estimate of drug-likeness (QED) is 0.170. The van der Waals surface area contributed by atoms with Gasteiger partial charge in [-0.25, -0.2) is 0 Å². The van der Waals surface area contributed by atoms with E-state index in [2.05, 4.69) is 31.3 Å². The molecule has 2 rings (SSSR count). The number of carbonyl (C=O) groups excluding carboxylic acids is 1. The van der Waals surface area contributed by atoms with Crippen molar-refractivity contribution in [3.63, 3.8) is 0 Å². The van der Waals surface area contributed by atoms with E-state index in [9.17, 15) is 4.79 Å². The van der Waals surface area contributed by atoms with Gasteiger partial charge in [-0.15, -0.1) is 24.0 Å². The third-order valence-electron chi connectivity index (χ3n) is 4.75.